The zero-order chi connectivity index (χ0) is 25.1. The largest absolute Gasteiger partial charge is 0.493 e. The number of aromatic nitrogens is 1. The fraction of sp³-hybridized carbons (Fsp3) is 0.269. The number of hydrogen-bond donors (Lipinski definition) is 0. The van der Waals surface area contributed by atoms with Crippen LogP contribution in [0.3, 0.4) is 0 Å². The molecule has 4 rings (SSSR count). The molecule has 0 spiro atoms. The standard InChI is InChI=1S/C26H26N2O6S/c1-6-34-25(30)20-15(2)27-26-28(21(20)16-10-8-7-9-11-16)24(29)19(35-26)14-17-12-13-18(31-3)23(33-5)22(17)32-4/h7-14,21H,6H2,1-5H3/b19-14+/t21-/m1/s1. The minimum absolute atomic E-state index is 0.223. The van der Waals surface area contributed by atoms with E-state index in [4.69, 9.17) is 18.9 Å². The molecular weight excluding hydrogens is 468 g/mol. The van der Waals surface area contributed by atoms with Gasteiger partial charge in [-0.2, -0.15) is 0 Å². The predicted molar refractivity (Wildman–Crippen MR) is 133 cm³/mol. The zero-order valence-electron chi connectivity index (χ0n) is 20.2. The summed E-state index contributed by atoms with van der Waals surface area (Å²) in [7, 11) is 4.60. The molecule has 1 aliphatic rings. The molecule has 2 heterocycles. The van der Waals surface area contributed by atoms with Crippen molar-refractivity contribution in [1.29, 1.82) is 0 Å². The van der Waals surface area contributed by atoms with Crippen molar-refractivity contribution in [3.63, 3.8) is 0 Å². The highest BCUT2D eigenvalue weighted by Crippen LogP contribution is 2.40. The Hall–Kier alpha value is -3.85. The van der Waals surface area contributed by atoms with Crippen molar-refractivity contribution in [2.45, 2.75) is 19.9 Å². The Morgan fingerprint density at radius 1 is 1.06 bits per heavy atom. The van der Waals surface area contributed by atoms with Crippen LogP contribution in [-0.2, 0) is 9.53 Å². The van der Waals surface area contributed by atoms with Crippen LogP contribution in [0.5, 0.6) is 17.2 Å². The summed E-state index contributed by atoms with van der Waals surface area (Å²) >= 11 is 1.24. The Bertz CT molecular complexity index is 1470. The van der Waals surface area contributed by atoms with Crippen molar-refractivity contribution >= 4 is 23.4 Å². The first-order valence-corrected chi connectivity index (χ1v) is 11.8. The van der Waals surface area contributed by atoms with Crippen molar-refractivity contribution in [3.05, 3.63) is 84.5 Å². The Kier molecular flexibility index (Phi) is 7.07. The van der Waals surface area contributed by atoms with Gasteiger partial charge in [0.2, 0.25) is 5.75 Å². The summed E-state index contributed by atoms with van der Waals surface area (Å²) in [6, 6.07) is 12.3. The van der Waals surface area contributed by atoms with Gasteiger partial charge in [-0.15, -0.1) is 0 Å². The topological polar surface area (TPSA) is 88.4 Å². The van der Waals surface area contributed by atoms with Crippen LogP contribution in [0.2, 0.25) is 0 Å². The molecule has 0 saturated heterocycles. The molecule has 9 heteroatoms. The lowest BCUT2D eigenvalue weighted by molar-refractivity contribution is -0.139. The van der Waals surface area contributed by atoms with Gasteiger partial charge in [-0.25, -0.2) is 9.79 Å². The molecule has 8 nitrogen and oxygen atoms in total. The van der Waals surface area contributed by atoms with E-state index in [2.05, 4.69) is 4.99 Å². The molecule has 1 aliphatic heterocycles. The molecule has 0 N–H and O–H groups in total. The maximum absolute atomic E-state index is 13.7. The smallest absolute Gasteiger partial charge is 0.338 e. The van der Waals surface area contributed by atoms with Gasteiger partial charge < -0.3 is 18.9 Å². The number of rotatable bonds is 7. The Labute approximate surface area is 206 Å². The average Bonchev–Trinajstić information content (AvgIpc) is 3.17. The predicted octanol–water partition coefficient (Wildman–Crippen LogP) is 2.82. The molecule has 0 saturated carbocycles. The maximum Gasteiger partial charge on any atom is 0.338 e. The molecule has 0 aliphatic carbocycles. The molecule has 0 unspecified atom stereocenters. The molecule has 35 heavy (non-hydrogen) atoms. The molecule has 182 valence electrons. The quantitative estimate of drug-likeness (QED) is 0.470. The number of benzene rings is 2. The van der Waals surface area contributed by atoms with E-state index in [0.717, 1.165) is 5.56 Å². The molecule has 3 aromatic rings. The Morgan fingerprint density at radius 2 is 1.77 bits per heavy atom. The van der Waals surface area contributed by atoms with E-state index in [-0.39, 0.29) is 12.2 Å². The molecule has 0 radical (unpaired) electrons. The Balaban J connectivity index is 1.96. The number of hydrogen-bond acceptors (Lipinski definition) is 8. The first-order valence-electron chi connectivity index (χ1n) is 11.0. The normalized spacial score (nSPS) is 15.3. The molecule has 0 amide bonds. The number of carbonyl (C=O) groups is 1. The van der Waals surface area contributed by atoms with Gasteiger partial charge in [-0.05, 0) is 37.6 Å². The van der Waals surface area contributed by atoms with E-state index in [9.17, 15) is 9.59 Å². The van der Waals surface area contributed by atoms with Crippen molar-refractivity contribution in [2.24, 2.45) is 4.99 Å². The van der Waals surface area contributed by atoms with Gasteiger partial charge in [0.25, 0.3) is 5.56 Å². The molecule has 0 bridgehead atoms. The number of fused-ring (bicyclic) bond motifs is 1. The summed E-state index contributed by atoms with van der Waals surface area (Å²) in [5, 5.41) is 0. The van der Waals surface area contributed by atoms with E-state index in [1.54, 1.807) is 43.7 Å². The summed E-state index contributed by atoms with van der Waals surface area (Å²) < 4.78 is 23.7. The lowest BCUT2D eigenvalue weighted by atomic mass is 9.96. The molecule has 1 atom stereocenters. The van der Waals surface area contributed by atoms with Crippen LogP contribution in [0.4, 0.5) is 0 Å². The van der Waals surface area contributed by atoms with Gasteiger partial charge in [0.05, 0.1) is 49.8 Å². The van der Waals surface area contributed by atoms with Crippen molar-refractivity contribution in [1.82, 2.24) is 4.57 Å². The summed E-state index contributed by atoms with van der Waals surface area (Å²) in [5.74, 6) is 0.903. The maximum atomic E-state index is 13.7. The SMILES string of the molecule is CCOC(=O)C1=C(C)N=c2s/c(=C/c3ccc(OC)c(OC)c3OC)c(=O)n2[C@@H]1c1ccccc1. The number of methoxy groups -OCH3 is 3. The summed E-state index contributed by atoms with van der Waals surface area (Å²) in [6.07, 6.45) is 1.73. The van der Waals surface area contributed by atoms with Crippen molar-refractivity contribution < 1.29 is 23.7 Å². The lowest BCUT2D eigenvalue weighted by Crippen LogP contribution is -2.39. The summed E-state index contributed by atoms with van der Waals surface area (Å²) in [4.78, 5) is 31.7. The van der Waals surface area contributed by atoms with Crippen molar-refractivity contribution in [2.75, 3.05) is 27.9 Å². The van der Waals surface area contributed by atoms with Crippen LogP contribution in [0, 0.1) is 0 Å². The van der Waals surface area contributed by atoms with E-state index < -0.39 is 12.0 Å². The second-order valence-electron chi connectivity index (χ2n) is 7.64. The molecule has 2 aromatic carbocycles. The number of esters is 1. The van der Waals surface area contributed by atoms with Crippen LogP contribution in [-0.4, -0.2) is 38.5 Å². The highest BCUT2D eigenvalue weighted by atomic mass is 32.1. The second kappa shape index (κ2) is 10.2. The summed E-state index contributed by atoms with van der Waals surface area (Å²) in [5.41, 5.74) is 2.04. The van der Waals surface area contributed by atoms with E-state index >= 15 is 0 Å². The van der Waals surface area contributed by atoms with Crippen LogP contribution in [0.15, 0.2) is 63.5 Å². The van der Waals surface area contributed by atoms with Gasteiger partial charge in [0, 0.05) is 5.56 Å². The third-order valence-electron chi connectivity index (χ3n) is 5.65. The van der Waals surface area contributed by atoms with Gasteiger partial charge in [-0.1, -0.05) is 41.7 Å². The number of carbonyl (C=O) groups excluding carboxylic acids is 1. The van der Waals surface area contributed by atoms with E-state index in [1.165, 1.54) is 25.6 Å². The third kappa shape index (κ3) is 4.35. The van der Waals surface area contributed by atoms with Crippen LogP contribution in [0.25, 0.3) is 6.08 Å². The first kappa shape index (κ1) is 24.3. The number of nitrogens with zero attached hydrogens (tertiary/aromatic N) is 2. The average molecular weight is 495 g/mol. The highest BCUT2D eigenvalue weighted by Gasteiger charge is 2.33. The van der Waals surface area contributed by atoms with E-state index in [0.29, 0.717) is 43.4 Å². The van der Waals surface area contributed by atoms with Gasteiger partial charge in [-0.3, -0.25) is 9.36 Å². The van der Waals surface area contributed by atoms with Crippen LogP contribution >= 0.6 is 11.3 Å². The van der Waals surface area contributed by atoms with Gasteiger partial charge >= 0.3 is 5.97 Å². The first-order chi connectivity index (χ1) is 16.9. The second-order valence-corrected chi connectivity index (χ2v) is 8.65. The minimum Gasteiger partial charge on any atom is -0.493 e. The van der Waals surface area contributed by atoms with Crippen LogP contribution < -0.4 is 29.1 Å². The lowest BCUT2D eigenvalue weighted by Gasteiger charge is -2.24. The van der Waals surface area contributed by atoms with Gasteiger partial charge in [0.1, 0.15) is 0 Å². The van der Waals surface area contributed by atoms with Crippen molar-refractivity contribution in [3.8, 4) is 17.2 Å². The fourth-order valence-corrected chi connectivity index (χ4v) is 5.16. The fourth-order valence-electron chi connectivity index (χ4n) is 4.12. The Morgan fingerprint density at radius 3 is 2.40 bits per heavy atom. The third-order valence-corrected chi connectivity index (χ3v) is 6.64. The molecular formula is C26H26N2O6S. The number of allylic oxidation sites excluding steroid dienone is 1. The number of ether oxygens (including phenoxy) is 4. The molecule has 0 fully saturated rings. The number of thiazole rings is 1. The monoisotopic (exact) mass is 494 g/mol. The highest BCUT2D eigenvalue weighted by molar-refractivity contribution is 7.07. The zero-order valence-corrected chi connectivity index (χ0v) is 21.0. The summed E-state index contributed by atoms with van der Waals surface area (Å²) in [6.45, 7) is 3.73. The van der Waals surface area contributed by atoms with Gasteiger partial charge in [0.15, 0.2) is 16.3 Å². The van der Waals surface area contributed by atoms with E-state index in [1.807, 2.05) is 30.3 Å². The molecule has 1 aromatic heterocycles. The van der Waals surface area contributed by atoms with Crippen LogP contribution in [0.1, 0.15) is 31.0 Å². The minimum atomic E-state index is -0.652.